The van der Waals surface area contributed by atoms with E-state index in [-0.39, 0.29) is 11.6 Å². The molecule has 0 aliphatic heterocycles. The number of anilines is 1. The molecule has 6 nitrogen and oxygen atoms in total. The molecule has 0 radical (unpaired) electrons. The number of nitrogens with zero attached hydrogens (tertiary/aromatic N) is 1. The number of carboxylic acids is 1. The Hall–Kier alpha value is -3.52. The lowest BCUT2D eigenvalue weighted by molar-refractivity contribution is -0.131. The Morgan fingerprint density at radius 3 is 2.46 bits per heavy atom. The molecule has 2 aromatic carbocycles. The molecule has 8 heteroatoms. The van der Waals surface area contributed by atoms with E-state index < -0.39 is 16.8 Å². The van der Waals surface area contributed by atoms with E-state index in [2.05, 4.69) is 4.98 Å². The molecule has 0 amide bonds. The number of pyridine rings is 1. The third-order valence-corrected chi connectivity index (χ3v) is 7.10. The molecule has 0 aliphatic carbocycles. The minimum atomic E-state index is -1.33. The molecular formula is C29H33FN2O4S. The van der Waals surface area contributed by atoms with Crippen molar-refractivity contribution in [3.63, 3.8) is 0 Å². The van der Waals surface area contributed by atoms with Gasteiger partial charge in [-0.15, -0.1) is 0 Å². The SMILES string of the molecule is Nc1cccc(S(=O)Cc2ccc(OCCCCCCCCc3ccc(F)cc3)c(/C=C/C(=O)O)n2)c1. The first-order chi connectivity index (χ1) is 17.9. The summed E-state index contributed by atoms with van der Waals surface area (Å²) in [5.41, 5.74) is 8.45. The van der Waals surface area contributed by atoms with Crippen LogP contribution in [0.1, 0.15) is 55.5 Å². The number of halogens is 1. The van der Waals surface area contributed by atoms with Gasteiger partial charge in [0.25, 0.3) is 0 Å². The second-order valence-corrected chi connectivity index (χ2v) is 10.2. The minimum absolute atomic E-state index is 0.179. The average Bonchev–Trinajstić information content (AvgIpc) is 2.88. The van der Waals surface area contributed by atoms with Crippen molar-refractivity contribution in [1.82, 2.24) is 4.98 Å². The number of carboxylic acid groups (broad SMARTS) is 1. The first-order valence-electron chi connectivity index (χ1n) is 12.4. The van der Waals surface area contributed by atoms with Gasteiger partial charge in [0.2, 0.25) is 0 Å². The van der Waals surface area contributed by atoms with Crippen LogP contribution in [0, 0.1) is 5.82 Å². The highest BCUT2D eigenvalue weighted by Gasteiger charge is 2.10. The maximum Gasteiger partial charge on any atom is 0.328 e. The summed E-state index contributed by atoms with van der Waals surface area (Å²) in [5.74, 6) is -0.608. The Morgan fingerprint density at radius 2 is 1.73 bits per heavy atom. The molecule has 1 aromatic heterocycles. The van der Waals surface area contributed by atoms with Crippen LogP contribution in [-0.4, -0.2) is 26.9 Å². The third kappa shape index (κ3) is 10.2. The summed E-state index contributed by atoms with van der Waals surface area (Å²) in [7, 11) is -1.33. The van der Waals surface area contributed by atoms with Crippen LogP contribution in [0.2, 0.25) is 0 Å². The molecule has 0 aliphatic rings. The minimum Gasteiger partial charge on any atom is -0.491 e. The Labute approximate surface area is 219 Å². The Bertz CT molecular complexity index is 1210. The molecule has 3 rings (SSSR count). The number of rotatable bonds is 15. The van der Waals surface area contributed by atoms with Crippen molar-refractivity contribution in [2.45, 2.75) is 55.6 Å². The summed E-state index contributed by atoms with van der Waals surface area (Å²) in [6.45, 7) is 0.500. The van der Waals surface area contributed by atoms with Gasteiger partial charge < -0.3 is 15.6 Å². The largest absolute Gasteiger partial charge is 0.491 e. The van der Waals surface area contributed by atoms with Crippen LogP contribution in [0.3, 0.4) is 0 Å². The number of benzene rings is 2. The fourth-order valence-electron chi connectivity index (χ4n) is 3.82. The summed E-state index contributed by atoms with van der Waals surface area (Å²) in [4.78, 5) is 16.1. The van der Waals surface area contributed by atoms with Crippen LogP contribution < -0.4 is 10.5 Å². The molecule has 3 N–H and O–H groups in total. The molecule has 0 saturated heterocycles. The molecule has 0 bridgehead atoms. The molecule has 1 heterocycles. The van der Waals surface area contributed by atoms with Gasteiger partial charge in [-0.25, -0.2) is 14.2 Å². The van der Waals surface area contributed by atoms with Gasteiger partial charge in [0.15, 0.2) is 0 Å². The monoisotopic (exact) mass is 524 g/mol. The second-order valence-electron chi connectivity index (χ2n) is 8.77. The number of aromatic nitrogens is 1. The Morgan fingerprint density at radius 1 is 1.00 bits per heavy atom. The van der Waals surface area contributed by atoms with Crippen LogP contribution in [0.15, 0.2) is 71.6 Å². The predicted octanol–water partition coefficient (Wildman–Crippen LogP) is 6.17. The van der Waals surface area contributed by atoms with Crippen LogP contribution in [0.25, 0.3) is 6.08 Å². The van der Waals surface area contributed by atoms with E-state index in [1.54, 1.807) is 36.4 Å². The van der Waals surface area contributed by atoms with E-state index in [9.17, 15) is 13.4 Å². The number of hydrogen-bond donors (Lipinski definition) is 2. The summed E-state index contributed by atoms with van der Waals surface area (Å²) in [6.07, 6.45) is 9.73. The highest BCUT2D eigenvalue weighted by molar-refractivity contribution is 7.84. The van der Waals surface area contributed by atoms with Crippen LogP contribution >= 0.6 is 0 Å². The van der Waals surface area contributed by atoms with E-state index in [0.29, 0.717) is 34.3 Å². The Balaban J connectivity index is 1.44. The molecule has 1 atom stereocenters. The quantitative estimate of drug-likeness (QED) is 0.140. The van der Waals surface area contributed by atoms with Crippen molar-refractivity contribution in [1.29, 1.82) is 0 Å². The van der Waals surface area contributed by atoms with Gasteiger partial charge in [0.05, 0.1) is 28.9 Å². The van der Waals surface area contributed by atoms with Gasteiger partial charge in [-0.1, -0.05) is 43.9 Å². The van der Waals surface area contributed by atoms with Gasteiger partial charge in [0.1, 0.15) is 17.3 Å². The zero-order valence-electron chi connectivity index (χ0n) is 20.8. The summed E-state index contributed by atoms with van der Waals surface area (Å²) >= 11 is 0. The number of hydrogen-bond acceptors (Lipinski definition) is 5. The number of aliphatic carboxylic acids is 1. The molecule has 0 saturated carbocycles. The van der Waals surface area contributed by atoms with Crippen molar-refractivity contribution in [3.05, 3.63) is 89.5 Å². The number of nitrogen functional groups attached to an aromatic ring is 1. The number of nitrogens with two attached hydrogens (primary N) is 1. The normalized spacial score (nSPS) is 12.0. The summed E-state index contributed by atoms with van der Waals surface area (Å²) < 4.78 is 31.6. The summed E-state index contributed by atoms with van der Waals surface area (Å²) in [5, 5.41) is 9.03. The topological polar surface area (TPSA) is 103 Å². The molecule has 37 heavy (non-hydrogen) atoms. The molecule has 196 valence electrons. The lowest BCUT2D eigenvalue weighted by atomic mass is 10.0. The number of ether oxygens (including phenoxy) is 1. The molecule has 0 fully saturated rings. The van der Waals surface area contributed by atoms with E-state index in [1.165, 1.54) is 18.2 Å². The van der Waals surface area contributed by atoms with Crippen molar-refractivity contribution in [3.8, 4) is 5.75 Å². The maximum atomic E-state index is 13.0. The predicted molar refractivity (Wildman–Crippen MR) is 145 cm³/mol. The fourth-order valence-corrected chi connectivity index (χ4v) is 4.92. The smallest absolute Gasteiger partial charge is 0.328 e. The molecular weight excluding hydrogens is 491 g/mol. The highest BCUT2D eigenvalue weighted by Crippen LogP contribution is 2.22. The maximum absolute atomic E-state index is 13.0. The lowest BCUT2D eigenvalue weighted by Crippen LogP contribution is -2.04. The average molecular weight is 525 g/mol. The van der Waals surface area contributed by atoms with Crippen molar-refractivity contribution >= 4 is 28.5 Å². The van der Waals surface area contributed by atoms with E-state index in [1.807, 2.05) is 12.1 Å². The molecule has 1 unspecified atom stereocenters. The van der Waals surface area contributed by atoms with Crippen LogP contribution in [0.5, 0.6) is 5.75 Å². The third-order valence-electron chi connectivity index (χ3n) is 5.76. The zero-order chi connectivity index (χ0) is 26.5. The van der Waals surface area contributed by atoms with Gasteiger partial charge >= 0.3 is 5.97 Å². The fraction of sp³-hybridized carbons (Fsp3) is 0.310. The second kappa shape index (κ2) is 14.9. The van der Waals surface area contributed by atoms with Gasteiger partial charge in [-0.2, -0.15) is 0 Å². The molecule has 0 spiro atoms. The number of carbonyl (C=O) groups is 1. The van der Waals surface area contributed by atoms with Gasteiger partial charge in [0, 0.05) is 16.7 Å². The van der Waals surface area contributed by atoms with E-state index >= 15 is 0 Å². The Kier molecular flexibility index (Phi) is 11.3. The lowest BCUT2D eigenvalue weighted by Gasteiger charge is -2.11. The van der Waals surface area contributed by atoms with Crippen molar-refractivity contribution in [2.75, 3.05) is 12.3 Å². The first-order valence-corrected chi connectivity index (χ1v) is 13.7. The van der Waals surface area contributed by atoms with E-state index in [0.717, 1.165) is 56.6 Å². The standard InChI is InChI=1S/C29H33FN2O4S/c30-23-13-11-22(12-14-23)8-5-3-1-2-4-6-19-36-28-17-15-25(32-27(28)16-18-29(33)34)21-37(35)26-10-7-9-24(31)20-26/h7,9-18,20H,1-6,8,19,21,31H2,(H,33,34)/b18-16+. The van der Waals surface area contributed by atoms with Gasteiger partial charge in [-0.05, 0) is 73.4 Å². The van der Waals surface area contributed by atoms with Crippen LogP contribution in [0.4, 0.5) is 10.1 Å². The van der Waals surface area contributed by atoms with E-state index in [4.69, 9.17) is 15.6 Å². The molecule has 3 aromatic rings. The summed E-state index contributed by atoms with van der Waals surface area (Å²) in [6, 6.07) is 17.1. The highest BCUT2D eigenvalue weighted by atomic mass is 32.2. The van der Waals surface area contributed by atoms with Gasteiger partial charge in [-0.3, -0.25) is 4.21 Å². The first kappa shape index (κ1) is 28.1. The zero-order valence-corrected chi connectivity index (χ0v) is 21.6. The van der Waals surface area contributed by atoms with Crippen molar-refractivity contribution in [2.24, 2.45) is 0 Å². The number of aryl methyl sites for hydroxylation is 1. The number of unbranched alkanes of at least 4 members (excludes halogenated alkanes) is 5. The van der Waals surface area contributed by atoms with Crippen molar-refractivity contribution < 1.29 is 23.2 Å². The van der Waals surface area contributed by atoms with Crippen LogP contribution in [-0.2, 0) is 27.8 Å².